The van der Waals surface area contributed by atoms with E-state index in [1.54, 1.807) is 36.4 Å². The number of fused-ring (bicyclic) bond motifs is 4. The van der Waals surface area contributed by atoms with Crippen LogP contribution in [0.4, 0.5) is 0 Å². The van der Waals surface area contributed by atoms with Crippen molar-refractivity contribution in [3.05, 3.63) is 101 Å². The zero-order valence-electron chi connectivity index (χ0n) is 25.4. The summed E-state index contributed by atoms with van der Waals surface area (Å²) in [5, 5.41) is 21.0. The van der Waals surface area contributed by atoms with Gasteiger partial charge in [-0.2, -0.15) is 0 Å². The highest BCUT2D eigenvalue weighted by Gasteiger charge is 2.76. The first-order valence-corrected chi connectivity index (χ1v) is 16.2. The number of likely N-dealkylation sites (tertiary alicyclic amines) is 2. The summed E-state index contributed by atoms with van der Waals surface area (Å²) < 4.78 is 5.90. The number of alkyl halides is 2. The van der Waals surface area contributed by atoms with Crippen molar-refractivity contribution in [1.29, 1.82) is 0 Å². The van der Waals surface area contributed by atoms with Crippen LogP contribution in [-0.2, 0) is 32.2 Å². The molecule has 4 aliphatic rings. The van der Waals surface area contributed by atoms with E-state index in [1.165, 1.54) is 18.0 Å². The largest absolute Gasteiger partial charge is 0.508 e. The van der Waals surface area contributed by atoms with Crippen LogP contribution in [0.3, 0.4) is 0 Å². The van der Waals surface area contributed by atoms with Gasteiger partial charge < -0.3 is 14.9 Å². The molecule has 2 saturated heterocycles. The summed E-state index contributed by atoms with van der Waals surface area (Å²) in [6.45, 7) is 0.415. The molecular weight excluding hydrogens is 643 g/mol. The normalized spacial score (nSPS) is 29.8. The molecule has 11 heteroatoms. The van der Waals surface area contributed by atoms with Crippen molar-refractivity contribution in [2.45, 2.75) is 41.5 Å². The highest BCUT2D eigenvalue weighted by Crippen LogP contribution is 2.66. The zero-order valence-corrected chi connectivity index (χ0v) is 26.9. The van der Waals surface area contributed by atoms with Gasteiger partial charge in [0.1, 0.15) is 23.9 Å². The minimum atomic E-state index is -2.00. The molecule has 6 atom stereocenters. The summed E-state index contributed by atoms with van der Waals surface area (Å²) in [4.78, 5) is 53.4. The Morgan fingerprint density at radius 1 is 0.872 bits per heavy atom. The maximum absolute atomic E-state index is 14.0. The molecule has 47 heavy (non-hydrogen) atoms. The molecule has 0 bridgehead atoms. The number of carbonyl (C=O) groups excluding carboxylic acids is 4. The van der Waals surface area contributed by atoms with Gasteiger partial charge in [0.15, 0.2) is 9.75 Å². The number of amides is 4. The minimum Gasteiger partial charge on any atom is -0.508 e. The molecule has 242 valence electrons. The average Bonchev–Trinajstić information content (AvgIpc) is 3.38. The smallest absolute Gasteiger partial charge is 0.253 e. The molecule has 9 nitrogen and oxygen atoms in total. The Morgan fingerprint density at radius 2 is 1.60 bits per heavy atom. The highest BCUT2D eigenvalue weighted by atomic mass is 35.5. The van der Waals surface area contributed by atoms with Crippen molar-refractivity contribution in [2.75, 3.05) is 13.6 Å². The number of carbonyl (C=O) groups is 4. The lowest BCUT2D eigenvalue weighted by atomic mass is 9.56. The number of aromatic hydroxyl groups is 2. The number of nitrogens with zero attached hydrogens (tertiary/aromatic N) is 2. The quantitative estimate of drug-likeness (QED) is 0.207. The van der Waals surface area contributed by atoms with E-state index in [9.17, 15) is 29.4 Å². The van der Waals surface area contributed by atoms with E-state index in [0.717, 1.165) is 16.0 Å². The van der Waals surface area contributed by atoms with Gasteiger partial charge in [-0.3, -0.25) is 29.0 Å². The summed E-state index contributed by atoms with van der Waals surface area (Å²) in [5.41, 5.74) is 2.66. The number of phenolic OH excluding ortho intramolecular Hbond substituents is 2. The van der Waals surface area contributed by atoms with Gasteiger partial charge in [0.2, 0.25) is 11.8 Å². The molecule has 0 radical (unpaired) electrons. The Kier molecular flexibility index (Phi) is 7.60. The molecule has 4 amide bonds. The maximum Gasteiger partial charge on any atom is 0.253 e. The van der Waals surface area contributed by atoms with E-state index in [1.807, 2.05) is 36.4 Å². The third-order valence-electron chi connectivity index (χ3n) is 10.2. The zero-order chi connectivity index (χ0) is 33.2. The Morgan fingerprint density at radius 3 is 2.30 bits per heavy atom. The van der Waals surface area contributed by atoms with Crippen LogP contribution in [0, 0.1) is 17.8 Å². The van der Waals surface area contributed by atoms with Crippen molar-refractivity contribution in [3.8, 4) is 17.2 Å². The molecular formula is C36H32Cl2N2O7. The van der Waals surface area contributed by atoms with Gasteiger partial charge in [0.05, 0.1) is 11.8 Å². The Bertz CT molecular complexity index is 1830. The SMILES string of the molecule is CN1C(=O)C2(Cl)CC3C(=CCC4C(=O)N(CCc5ccc(O)cc5)C(=O)C43)C(c3ccc(OCc4ccccc4)cc3O)C2(Cl)C1=O. The molecule has 6 unspecified atom stereocenters. The number of hydrogen-bond acceptors (Lipinski definition) is 7. The third-order valence-corrected chi connectivity index (χ3v) is 11.6. The van der Waals surface area contributed by atoms with Gasteiger partial charge >= 0.3 is 0 Å². The number of rotatable bonds is 7. The third kappa shape index (κ3) is 4.73. The van der Waals surface area contributed by atoms with Gasteiger partial charge in [-0.15, -0.1) is 23.2 Å². The van der Waals surface area contributed by atoms with Crippen molar-refractivity contribution >= 4 is 46.8 Å². The monoisotopic (exact) mass is 674 g/mol. The molecule has 2 aliphatic carbocycles. The number of hydrogen-bond donors (Lipinski definition) is 2. The van der Waals surface area contributed by atoms with Gasteiger partial charge in [-0.25, -0.2) is 0 Å². The molecule has 1 saturated carbocycles. The first kappa shape index (κ1) is 31.3. The van der Waals surface area contributed by atoms with Crippen molar-refractivity contribution in [3.63, 3.8) is 0 Å². The second-order valence-electron chi connectivity index (χ2n) is 12.7. The van der Waals surface area contributed by atoms with Crippen LogP contribution < -0.4 is 4.74 Å². The summed E-state index contributed by atoms with van der Waals surface area (Å²) in [7, 11) is 1.32. The summed E-state index contributed by atoms with van der Waals surface area (Å²) in [6, 6.07) is 20.8. The standard InChI is InChI=1S/C36H32Cl2N2O7/c1-39-33(45)35(37)18-27-24(13-14-26-29(27)32(44)40(31(26)43)16-15-20-7-9-22(41)10-8-20)30(36(35,38)34(39)46)25-12-11-23(17-28(25)42)47-19-21-5-3-2-4-6-21/h2-13,17,26-27,29-30,41-42H,14-16,18-19H2,1H3. The lowest BCUT2D eigenvalue weighted by molar-refractivity contribution is -0.141. The molecule has 2 heterocycles. The molecule has 3 aromatic carbocycles. The van der Waals surface area contributed by atoms with E-state index in [-0.39, 0.29) is 54.9 Å². The molecule has 0 aromatic heterocycles. The second-order valence-corrected chi connectivity index (χ2v) is 14.0. The van der Waals surface area contributed by atoms with Crippen LogP contribution in [0.1, 0.15) is 35.4 Å². The maximum atomic E-state index is 14.0. The number of imide groups is 2. The summed E-state index contributed by atoms with van der Waals surface area (Å²) in [5.74, 6) is -4.98. The molecule has 2 aliphatic heterocycles. The van der Waals surface area contributed by atoms with Gasteiger partial charge in [-0.1, -0.05) is 60.2 Å². The van der Waals surface area contributed by atoms with E-state index in [2.05, 4.69) is 0 Å². The second kappa shape index (κ2) is 11.4. The minimum absolute atomic E-state index is 0.120. The first-order chi connectivity index (χ1) is 22.5. The topological polar surface area (TPSA) is 124 Å². The van der Waals surface area contributed by atoms with E-state index < -0.39 is 45.2 Å². The van der Waals surface area contributed by atoms with E-state index in [4.69, 9.17) is 27.9 Å². The predicted molar refractivity (Wildman–Crippen MR) is 173 cm³/mol. The molecule has 3 aromatic rings. The van der Waals surface area contributed by atoms with Gasteiger partial charge in [0, 0.05) is 31.1 Å². The fourth-order valence-electron chi connectivity index (χ4n) is 7.88. The van der Waals surface area contributed by atoms with Crippen LogP contribution >= 0.6 is 23.2 Å². The van der Waals surface area contributed by atoms with E-state index in [0.29, 0.717) is 17.7 Å². The molecule has 2 N–H and O–H groups in total. The van der Waals surface area contributed by atoms with E-state index >= 15 is 0 Å². The molecule has 0 spiro atoms. The Labute approximate surface area is 281 Å². The Hall–Kier alpha value is -4.34. The molecule has 3 fully saturated rings. The Balaban J connectivity index is 1.24. The number of halogens is 2. The first-order valence-electron chi connectivity index (χ1n) is 15.5. The lowest BCUT2D eigenvalue weighted by Gasteiger charge is -2.50. The average molecular weight is 676 g/mol. The van der Waals surface area contributed by atoms with Crippen LogP contribution in [-0.4, -0.2) is 67.0 Å². The fraction of sp³-hybridized carbons (Fsp3) is 0.333. The van der Waals surface area contributed by atoms with Gasteiger partial charge in [-0.05, 0) is 54.5 Å². The highest BCUT2D eigenvalue weighted by molar-refractivity contribution is 6.53. The summed E-state index contributed by atoms with van der Waals surface area (Å²) >= 11 is 14.5. The summed E-state index contributed by atoms with van der Waals surface area (Å²) in [6.07, 6.45) is 2.34. The lowest BCUT2D eigenvalue weighted by Crippen LogP contribution is -2.60. The molecule has 7 rings (SSSR count). The van der Waals surface area contributed by atoms with Crippen LogP contribution in [0.15, 0.2) is 84.4 Å². The van der Waals surface area contributed by atoms with Crippen LogP contribution in [0.25, 0.3) is 0 Å². The predicted octanol–water partition coefficient (Wildman–Crippen LogP) is 4.91. The number of benzene rings is 3. The van der Waals surface area contributed by atoms with Gasteiger partial charge in [0.25, 0.3) is 11.8 Å². The van der Waals surface area contributed by atoms with Crippen LogP contribution in [0.2, 0.25) is 0 Å². The fourth-order valence-corrected chi connectivity index (χ4v) is 8.89. The number of phenols is 2. The van der Waals surface area contributed by atoms with Crippen molar-refractivity contribution in [2.24, 2.45) is 17.8 Å². The number of allylic oxidation sites excluding steroid dienone is 2. The van der Waals surface area contributed by atoms with Crippen molar-refractivity contribution in [1.82, 2.24) is 9.80 Å². The number of ether oxygens (including phenoxy) is 1. The van der Waals surface area contributed by atoms with Crippen molar-refractivity contribution < 1.29 is 34.1 Å². The van der Waals surface area contributed by atoms with Crippen LogP contribution in [0.5, 0.6) is 17.2 Å².